The van der Waals surface area contributed by atoms with Gasteiger partial charge in [0.2, 0.25) is 11.7 Å². The molecule has 1 amide bonds. The van der Waals surface area contributed by atoms with E-state index in [9.17, 15) is 14.7 Å². The van der Waals surface area contributed by atoms with Gasteiger partial charge in [-0.1, -0.05) is 24.6 Å². The fourth-order valence-electron chi connectivity index (χ4n) is 2.83. The molecule has 0 spiro atoms. The maximum Gasteiger partial charge on any atom is 0.372 e. The van der Waals surface area contributed by atoms with Crippen LogP contribution in [0.2, 0.25) is 0 Å². The van der Waals surface area contributed by atoms with E-state index in [2.05, 4.69) is 0 Å². The summed E-state index contributed by atoms with van der Waals surface area (Å²) in [6, 6.07) is 7.23. The number of furan rings is 1. The first-order valence-corrected chi connectivity index (χ1v) is 7.18. The number of amides is 1. The van der Waals surface area contributed by atoms with E-state index < -0.39 is 5.97 Å². The van der Waals surface area contributed by atoms with Crippen LogP contribution in [-0.4, -0.2) is 28.4 Å². The Hall–Kier alpha value is -2.30. The molecule has 0 saturated carbocycles. The Labute approximate surface area is 122 Å². The molecular formula is C16H17NO4. The molecule has 1 aliphatic rings. The molecular weight excluding hydrogens is 270 g/mol. The molecule has 1 aromatic carbocycles. The Bertz CT molecular complexity index is 689. The first-order chi connectivity index (χ1) is 10.2. The summed E-state index contributed by atoms with van der Waals surface area (Å²) in [5, 5.41) is 10.1. The van der Waals surface area contributed by atoms with Crippen LogP contribution in [0.1, 0.15) is 41.8 Å². The second kappa shape index (κ2) is 5.60. The van der Waals surface area contributed by atoms with Crippen LogP contribution in [0, 0.1) is 0 Å². The quantitative estimate of drug-likeness (QED) is 0.942. The summed E-state index contributed by atoms with van der Waals surface area (Å²) in [7, 11) is 0. The van der Waals surface area contributed by atoms with Gasteiger partial charge in [-0.3, -0.25) is 4.79 Å². The SMILES string of the molecule is O=C(O)c1oc2ccccc2c1CN1CCCCCC1=O. The number of benzene rings is 1. The topological polar surface area (TPSA) is 70.8 Å². The number of likely N-dealkylation sites (tertiary alicyclic amines) is 1. The molecule has 1 aliphatic heterocycles. The van der Waals surface area contributed by atoms with Gasteiger partial charge < -0.3 is 14.4 Å². The first-order valence-electron chi connectivity index (χ1n) is 7.18. The normalized spacial score (nSPS) is 16.2. The molecule has 1 saturated heterocycles. The molecule has 2 heterocycles. The van der Waals surface area contributed by atoms with E-state index in [1.54, 1.807) is 17.0 Å². The number of hydrogen-bond acceptors (Lipinski definition) is 3. The Morgan fingerprint density at radius 1 is 1.24 bits per heavy atom. The van der Waals surface area contributed by atoms with Gasteiger partial charge in [0.05, 0.1) is 6.54 Å². The Morgan fingerprint density at radius 2 is 2.05 bits per heavy atom. The van der Waals surface area contributed by atoms with Crippen molar-refractivity contribution in [2.24, 2.45) is 0 Å². The predicted octanol–water partition coefficient (Wildman–Crippen LogP) is 3.03. The van der Waals surface area contributed by atoms with E-state index in [0.29, 0.717) is 30.7 Å². The summed E-state index contributed by atoms with van der Waals surface area (Å²) in [6.45, 7) is 0.981. The van der Waals surface area contributed by atoms with Gasteiger partial charge in [0.1, 0.15) is 5.58 Å². The average molecular weight is 287 g/mol. The van der Waals surface area contributed by atoms with Crippen LogP contribution < -0.4 is 0 Å². The first kappa shape index (κ1) is 13.7. The molecule has 1 fully saturated rings. The zero-order chi connectivity index (χ0) is 14.8. The number of rotatable bonds is 3. The fourth-order valence-corrected chi connectivity index (χ4v) is 2.83. The second-order valence-electron chi connectivity index (χ2n) is 5.34. The second-order valence-corrected chi connectivity index (χ2v) is 5.34. The molecule has 3 rings (SSSR count). The van der Waals surface area contributed by atoms with Crippen LogP contribution in [0.3, 0.4) is 0 Å². The van der Waals surface area contributed by atoms with E-state index in [0.717, 1.165) is 24.6 Å². The number of aromatic carboxylic acids is 1. The highest BCUT2D eigenvalue weighted by molar-refractivity contribution is 5.95. The smallest absolute Gasteiger partial charge is 0.372 e. The van der Waals surface area contributed by atoms with Gasteiger partial charge >= 0.3 is 5.97 Å². The Balaban J connectivity index is 2.00. The van der Waals surface area contributed by atoms with Gasteiger partial charge in [0.15, 0.2) is 0 Å². The maximum atomic E-state index is 12.1. The summed E-state index contributed by atoms with van der Waals surface area (Å²) in [5.41, 5.74) is 1.14. The van der Waals surface area contributed by atoms with Crippen LogP contribution in [-0.2, 0) is 11.3 Å². The molecule has 0 bridgehead atoms. The average Bonchev–Trinajstić information content (AvgIpc) is 2.72. The minimum atomic E-state index is -1.09. The third-order valence-corrected chi connectivity index (χ3v) is 3.91. The summed E-state index contributed by atoms with van der Waals surface area (Å²) >= 11 is 0. The predicted molar refractivity (Wildman–Crippen MR) is 77.1 cm³/mol. The lowest BCUT2D eigenvalue weighted by molar-refractivity contribution is -0.131. The Kier molecular flexibility index (Phi) is 3.64. The lowest BCUT2D eigenvalue weighted by atomic mass is 10.1. The van der Waals surface area contributed by atoms with Gasteiger partial charge in [-0.05, 0) is 18.9 Å². The molecule has 110 valence electrons. The number of para-hydroxylation sites is 1. The largest absolute Gasteiger partial charge is 0.475 e. The number of fused-ring (bicyclic) bond motifs is 1. The van der Waals surface area contributed by atoms with Crippen LogP contribution in [0.5, 0.6) is 0 Å². The molecule has 1 aromatic heterocycles. The number of carboxylic acids is 1. The van der Waals surface area contributed by atoms with Crippen molar-refractivity contribution >= 4 is 22.8 Å². The van der Waals surface area contributed by atoms with E-state index >= 15 is 0 Å². The summed E-state index contributed by atoms with van der Waals surface area (Å²) in [4.78, 5) is 25.2. The molecule has 5 nitrogen and oxygen atoms in total. The van der Waals surface area contributed by atoms with Crippen LogP contribution >= 0.6 is 0 Å². The van der Waals surface area contributed by atoms with E-state index in [-0.39, 0.29) is 11.7 Å². The van der Waals surface area contributed by atoms with Gasteiger partial charge in [-0.2, -0.15) is 0 Å². The van der Waals surface area contributed by atoms with E-state index in [1.807, 2.05) is 12.1 Å². The number of hydrogen-bond donors (Lipinski definition) is 1. The van der Waals surface area contributed by atoms with Gasteiger partial charge in [0, 0.05) is 23.9 Å². The lowest BCUT2D eigenvalue weighted by Gasteiger charge is -2.20. The van der Waals surface area contributed by atoms with Gasteiger partial charge in [-0.25, -0.2) is 4.79 Å². The summed E-state index contributed by atoms with van der Waals surface area (Å²) in [5.74, 6) is -1.06. The molecule has 0 radical (unpaired) electrons. The van der Waals surface area contributed by atoms with Crippen molar-refractivity contribution < 1.29 is 19.1 Å². The highest BCUT2D eigenvalue weighted by atomic mass is 16.4. The van der Waals surface area contributed by atoms with Crippen molar-refractivity contribution in [3.05, 3.63) is 35.6 Å². The van der Waals surface area contributed by atoms with Crippen molar-refractivity contribution in [2.75, 3.05) is 6.54 Å². The van der Waals surface area contributed by atoms with Crippen molar-refractivity contribution in [2.45, 2.75) is 32.2 Å². The molecule has 21 heavy (non-hydrogen) atoms. The summed E-state index contributed by atoms with van der Waals surface area (Å²) in [6.07, 6.45) is 3.45. The zero-order valence-corrected chi connectivity index (χ0v) is 11.7. The molecule has 5 heteroatoms. The van der Waals surface area contributed by atoms with E-state index in [1.165, 1.54) is 0 Å². The standard InChI is InChI=1S/C16H17NO4/c18-14-8-2-1-5-9-17(14)10-12-11-6-3-4-7-13(11)21-15(12)16(19)20/h3-4,6-7H,1-2,5,8-10H2,(H,19,20). The third kappa shape index (κ3) is 2.63. The van der Waals surface area contributed by atoms with Crippen molar-refractivity contribution in [3.63, 3.8) is 0 Å². The van der Waals surface area contributed by atoms with Crippen molar-refractivity contribution in [1.29, 1.82) is 0 Å². The molecule has 0 atom stereocenters. The monoisotopic (exact) mass is 287 g/mol. The number of carbonyl (C=O) groups excluding carboxylic acids is 1. The highest BCUT2D eigenvalue weighted by Gasteiger charge is 2.24. The van der Waals surface area contributed by atoms with Crippen molar-refractivity contribution in [1.82, 2.24) is 4.90 Å². The number of nitrogens with zero attached hydrogens (tertiary/aromatic N) is 1. The minimum Gasteiger partial charge on any atom is -0.475 e. The van der Waals surface area contributed by atoms with Crippen LogP contribution in [0.15, 0.2) is 28.7 Å². The van der Waals surface area contributed by atoms with Crippen LogP contribution in [0.4, 0.5) is 0 Å². The molecule has 2 aromatic rings. The summed E-state index contributed by atoms with van der Waals surface area (Å²) < 4.78 is 5.43. The molecule has 0 aliphatic carbocycles. The minimum absolute atomic E-state index is 0.0618. The van der Waals surface area contributed by atoms with Crippen molar-refractivity contribution in [3.8, 4) is 0 Å². The zero-order valence-electron chi connectivity index (χ0n) is 11.7. The molecule has 0 unspecified atom stereocenters. The maximum absolute atomic E-state index is 12.1. The van der Waals surface area contributed by atoms with Gasteiger partial charge in [-0.15, -0.1) is 0 Å². The lowest BCUT2D eigenvalue weighted by Crippen LogP contribution is -2.30. The molecule has 1 N–H and O–H groups in total. The van der Waals surface area contributed by atoms with Crippen LogP contribution in [0.25, 0.3) is 11.0 Å². The Morgan fingerprint density at radius 3 is 2.86 bits per heavy atom. The number of carbonyl (C=O) groups is 2. The van der Waals surface area contributed by atoms with E-state index in [4.69, 9.17) is 4.42 Å². The fraction of sp³-hybridized carbons (Fsp3) is 0.375. The highest BCUT2D eigenvalue weighted by Crippen LogP contribution is 2.28. The number of carboxylic acid groups (broad SMARTS) is 1. The third-order valence-electron chi connectivity index (χ3n) is 3.91. The van der Waals surface area contributed by atoms with Gasteiger partial charge in [0.25, 0.3) is 0 Å².